The van der Waals surface area contributed by atoms with Gasteiger partial charge in [0.1, 0.15) is 22.9 Å². The smallest absolute Gasteiger partial charge is 0.325 e. The SMILES string of the molecule is COc1ccc2nccc(CCNC3(C(=O)O)CCN(C/C=C/c4cc(F)ccc4F)C3)c2c1. The number of methoxy groups -OCH3 is 1. The van der Waals surface area contributed by atoms with Gasteiger partial charge in [-0.3, -0.25) is 14.7 Å². The van der Waals surface area contributed by atoms with Gasteiger partial charge in [0.2, 0.25) is 0 Å². The second-order valence-electron chi connectivity index (χ2n) is 8.47. The zero-order chi connectivity index (χ0) is 24.1. The van der Waals surface area contributed by atoms with Gasteiger partial charge in [0.15, 0.2) is 0 Å². The van der Waals surface area contributed by atoms with Crippen molar-refractivity contribution < 1.29 is 23.4 Å². The topological polar surface area (TPSA) is 74.7 Å². The second-order valence-corrected chi connectivity index (χ2v) is 8.47. The van der Waals surface area contributed by atoms with Crippen molar-refractivity contribution in [3.8, 4) is 5.75 Å². The monoisotopic (exact) mass is 467 g/mol. The van der Waals surface area contributed by atoms with Crippen LogP contribution in [0, 0.1) is 11.6 Å². The maximum absolute atomic E-state index is 13.8. The molecule has 3 aromatic rings. The van der Waals surface area contributed by atoms with Crippen molar-refractivity contribution in [2.45, 2.75) is 18.4 Å². The lowest BCUT2D eigenvalue weighted by Crippen LogP contribution is -2.54. The highest BCUT2D eigenvalue weighted by molar-refractivity contribution is 5.83. The van der Waals surface area contributed by atoms with Crippen molar-refractivity contribution in [1.29, 1.82) is 0 Å². The van der Waals surface area contributed by atoms with E-state index in [2.05, 4.69) is 10.3 Å². The van der Waals surface area contributed by atoms with Crippen molar-refractivity contribution >= 4 is 22.9 Å². The highest BCUT2D eigenvalue weighted by Gasteiger charge is 2.44. The molecule has 2 N–H and O–H groups in total. The van der Waals surface area contributed by atoms with Gasteiger partial charge in [-0.25, -0.2) is 8.78 Å². The first-order valence-electron chi connectivity index (χ1n) is 11.1. The van der Waals surface area contributed by atoms with Gasteiger partial charge >= 0.3 is 5.97 Å². The average Bonchev–Trinajstić information content (AvgIpc) is 3.25. The third-order valence-corrected chi connectivity index (χ3v) is 6.27. The van der Waals surface area contributed by atoms with Crippen LogP contribution in [0.5, 0.6) is 5.75 Å². The number of halogens is 2. The quantitative estimate of drug-likeness (QED) is 0.497. The third kappa shape index (κ3) is 5.24. The Kier molecular flexibility index (Phi) is 7.19. The van der Waals surface area contributed by atoms with E-state index >= 15 is 0 Å². The Balaban J connectivity index is 1.38. The molecule has 0 bridgehead atoms. The average molecular weight is 468 g/mol. The Morgan fingerprint density at radius 1 is 1.26 bits per heavy atom. The van der Waals surface area contributed by atoms with E-state index in [-0.39, 0.29) is 5.56 Å². The Hall–Kier alpha value is -3.36. The molecule has 34 heavy (non-hydrogen) atoms. The van der Waals surface area contributed by atoms with Gasteiger partial charge in [-0.15, -0.1) is 0 Å². The number of carboxylic acid groups (broad SMARTS) is 1. The van der Waals surface area contributed by atoms with Crippen LogP contribution in [0.1, 0.15) is 17.5 Å². The summed E-state index contributed by atoms with van der Waals surface area (Å²) < 4.78 is 32.4. The lowest BCUT2D eigenvalue weighted by atomic mass is 9.98. The molecule has 1 unspecified atom stereocenters. The van der Waals surface area contributed by atoms with Crippen LogP contribution in [-0.4, -0.2) is 59.8 Å². The number of aromatic nitrogens is 1. The van der Waals surface area contributed by atoms with Crippen LogP contribution < -0.4 is 10.1 Å². The fraction of sp³-hybridized carbons (Fsp3) is 0.308. The molecule has 1 fully saturated rings. The summed E-state index contributed by atoms with van der Waals surface area (Å²) >= 11 is 0. The van der Waals surface area contributed by atoms with E-state index in [1.165, 1.54) is 6.08 Å². The summed E-state index contributed by atoms with van der Waals surface area (Å²) in [4.78, 5) is 18.5. The van der Waals surface area contributed by atoms with E-state index in [1.807, 2.05) is 29.2 Å². The summed E-state index contributed by atoms with van der Waals surface area (Å²) in [6.07, 6.45) is 6.10. The second kappa shape index (κ2) is 10.3. The largest absolute Gasteiger partial charge is 0.497 e. The van der Waals surface area contributed by atoms with Gasteiger partial charge in [0.25, 0.3) is 0 Å². The maximum atomic E-state index is 13.8. The maximum Gasteiger partial charge on any atom is 0.325 e. The molecule has 0 aliphatic carbocycles. The van der Waals surface area contributed by atoms with Crippen LogP contribution in [0.25, 0.3) is 17.0 Å². The van der Waals surface area contributed by atoms with Gasteiger partial charge < -0.3 is 15.2 Å². The Labute approximate surface area is 196 Å². The number of hydrogen-bond acceptors (Lipinski definition) is 5. The molecule has 1 aliphatic rings. The van der Waals surface area contributed by atoms with E-state index in [0.29, 0.717) is 39.0 Å². The number of rotatable bonds is 9. The lowest BCUT2D eigenvalue weighted by Gasteiger charge is -2.26. The summed E-state index contributed by atoms with van der Waals surface area (Å²) in [7, 11) is 1.62. The molecule has 4 rings (SSSR count). The van der Waals surface area contributed by atoms with Gasteiger partial charge in [-0.05, 0) is 60.9 Å². The fourth-order valence-corrected chi connectivity index (χ4v) is 4.37. The number of benzene rings is 2. The zero-order valence-corrected chi connectivity index (χ0v) is 18.9. The molecule has 178 valence electrons. The molecule has 2 aromatic carbocycles. The van der Waals surface area contributed by atoms with E-state index in [9.17, 15) is 18.7 Å². The van der Waals surface area contributed by atoms with Crippen LogP contribution in [0.4, 0.5) is 8.78 Å². The number of carboxylic acids is 1. The Morgan fingerprint density at radius 2 is 2.12 bits per heavy atom. The van der Waals surface area contributed by atoms with Crippen LogP contribution in [0.2, 0.25) is 0 Å². The van der Waals surface area contributed by atoms with Crippen LogP contribution in [0.3, 0.4) is 0 Å². The first-order valence-corrected chi connectivity index (χ1v) is 11.1. The zero-order valence-electron chi connectivity index (χ0n) is 18.9. The highest BCUT2D eigenvalue weighted by Crippen LogP contribution is 2.25. The number of likely N-dealkylation sites (tertiary alicyclic amines) is 1. The van der Waals surface area contributed by atoms with Gasteiger partial charge in [-0.1, -0.05) is 12.2 Å². The highest BCUT2D eigenvalue weighted by atomic mass is 19.1. The molecule has 0 spiro atoms. The molecule has 0 saturated carbocycles. The summed E-state index contributed by atoms with van der Waals surface area (Å²) in [5.41, 5.74) is 1.04. The molecule has 0 amide bonds. The van der Waals surface area contributed by atoms with Crippen LogP contribution >= 0.6 is 0 Å². The van der Waals surface area contributed by atoms with E-state index in [0.717, 1.165) is 40.4 Å². The molecular formula is C26H27F2N3O3. The van der Waals surface area contributed by atoms with Crippen molar-refractivity contribution in [1.82, 2.24) is 15.2 Å². The summed E-state index contributed by atoms with van der Waals surface area (Å²) in [5.74, 6) is -1.15. The molecule has 1 aliphatic heterocycles. The summed E-state index contributed by atoms with van der Waals surface area (Å²) in [5, 5.41) is 14.2. The molecule has 2 heterocycles. The molecule has 1 atom stereocenters. The minimum Gasteiger partial charge on any atom is -0.497 e. The van der Waals surface area contributed by atoms with Gasteiger partial charge in [0.05, 0.1) is 12.6 Å². The number of nitrogens with zero attached hydrogens (tertiary/aromatic N) is 2. The fourth-order valence-electron chi connectivity index (χ4n) is 4.37. The number of nitrogens with one attached hydrogen (secondary N) is 1. The first-order chi connectivity index (χ1) is 16.4. The van der Waals surface area contributed by atoms with Crippen LogP contribution in [0.15, 0.2) is 54.7 Å². The normalized spacial score (nSPS) is 18.7. The predicted molar refractivity (Wildman–Crippen MR) is 127 cm³/mol. The van der Waals surface area contributed by atoms with Gasteiger partial charge in [0, 0.05) is 43.3 Å². The number of ether oxygens (including phenoxy) is 1. The molecule has 0 radical (unpaired) electrons. The summed E-state index contributed by atoms with van der Waals surface area (Å²) in [6, 6.07) is 10.9. The van der Waals surface area contributed by atoms with Crippen molar-refractivity contribution in [3.63, 3.8) is 0 Å². The van der Waals surface area contributed by atoms with E-state index in [4.69, 9.17) is 4.74 Å². The van der Waals surface area contributed by atoms with Crippen molar-refractivity contribution in [2.75, 3.05) is 33.3 Å². The number of fused-ring (bicyclic) bond motifs is 1. The third-order valence-electron chi connectivity index (χ3n) is 6.27. The molecule has 6 nitrogen and oxygen atoms in total. The molecular weight excluding hydrogens is 440 g/mol. The molecule has 8 heteroatoms. The first kappa shape index (κ1) is 23.8. The Morgan fingerprint density at radius 3 is 2.91 bits per heavy atom. The Bertz CT molecular complexity index is 1220. The summed E-state index contributed by atoms with van der Waals surface area (Å²) in [6.45, 7) is 1.84. The number of aliphatic carboxylic acids is 1. The predicted octanol–water partition coefficient (Wildman–Crippen LogP) is 3.90. The molecule has 1 saturated heterocycles. The standard InChI is InChI=1S/C26H27F2N3O3/c1-34-21-5-7-24-22(16-21)18(8-11-29-24)9-12-30-26(25(32)33)10-14-31(17-26)13-2-3-19-15-20(27)4-6-23(19)28/h2-8,11,15-16,30H,9-10,12-14,17H2,1H3,(H,32,33)/b3-2+. The number of hydrogen-bond donors (Lipinski definition) is 2. The van der Waals surface area contributed by atoms with Crippen LogP contribution in [-0.2, 0) is 11.2 Å². The minimum absolute atomic E-state index is 0.169. The van der Waals surface area contributed by atoms with Crippen molar-refractivity contribution in [3.05, 3.63) is 77.5 Å². The van der Waals surface area contributed by atoms with E-state index < -0.39 is 23.1 Å². The number of pyridine rings is 1. The van der Waals surface area contributed by atoms with Crippen molar-refractivity contribution in [2.24, 2.45) is 0 Å². The lowest BCUT2D eigenvalue weighted by molar-refractivity contribution is -0.144. The number of carbonyl (C=O) groups is 1. The molecule has 1 aromatic heterocycles. The minimum atomic E-state index is -1.06. The van der Waals surface area contributed by atoms with Gasteiger partial charge in [-0.2, -0.15) is 0 Å². The van der Waals surface area contributed by atoms with E-state index in [1.54, 1.807) is 19.4 Å².